The maximum atomic E-state index is 6.31. The third kappa shape index (κ3) is 2.96. The predicted octanol–water partition coefficient (Wildman–Crippen LogP) is 2.29. The number of nitrogens with zero attached hydrogens (tertiary/aromatic N) is 2. The van der Waals surface area contributed by atoms with Crippen molar-refractivity contribution in [3.8, 4) is 5.75 Å². The van der Waals surface area contributed by atoms with Crippen LogP contribution in [0.2, 0.25) is 0 Å². The number of benzene rings is 1. The highest BCUT2D eigenvalue weighted by molar-refractivity contribution is 5.33. The normalized spacial score (nSPS) is 12.5. The first-order chi connectivity index (χ1) is 9.01. The van der Waals surface area contributed by atoms with Crippen LogP contribution < -0.4 is 10.5 Å². The standard InChI is InChI=1S/C15H21N3O/c1-10-5-11(2)7-12(6-10)8-13(16)15-14(19-4)9-17-18(15)3/h5-7,9,13H,8,16H2,1-4H3. The number of aromatic nitrogens is 2. The molecule has 2 rings (SSSR count). The topological polar surface area (TPSA) is 53.1 Å². The lowest BCUT2D eigenvalue weighted by atomic mass is 10.00. The van der Waals surface area contributed by atoms with Gasteiger partial charge < -0.3 is 10.5 Å². The number of rotatable bonds is 4. The van der Waals surface area contributed by atoms with Crippen molar-refractivity contribution in [1.82, 2.24) is 9.78 Å². The van der Waals surface area contributed by atoms with E-state index in [1.165, 1.54) is 16.7 Å². The quantitative estimate of drug-likeness (QED) is 0.916. The Morgan fingerprint density at radius 3 is 2.47 bits per heavy atom. The molecule has 0 spiro atoms. The summed E-state index contributed by atoms with van der Waals surface area (Å²) < 4.78 is 7.09. The van der Waals surface area contributed by atoms with E-state index in [4.69, 9.17) is 10.5 Å². The van der Waals surface area contributed by atoms with E-state index in [1.54, 1.807) is 18.0 Å². The van der Waals surface area contributed by atoms with Crippen LogP contribution in [0.25, 0.3) is 0 Å². The second-order valence-corrected chi connectivity index (χ2v) is 5.03. The van der Waals surface area contributed by atoms with E-state index in [1.807, 2.05) is 7.05 Å². The van der Waals surface area contributed by atoms with Crippen LogP contribution in [0.1, 0.15) is 28.4 Å². The summed E-state index contributed by atoms with van der Waals surface area (Å²) in [4.78, 5) is 0. The summed E-state index contributed by atoms with van der Waals surface area (Å²) >= 11 is 0. The molecule has 1 aromatic carbocycles. The molecule has 19 heavy (non-hydrogen) atoms. The van der Waals surface area contributed by atoms with Gasteiger partial charge in [-0.2, -0.15) is 5.10 Å². The van der Waals surface area contributed by atoms with Gasteiger partial charge in [0.05, 0.1) is 25.0 Å². The molecular formula is C15H21N3O. The summed E-state index contributed by atoms with van der Waals surface area (Å²) in [5, 5.41) is 4.20. The maximum Gasteiger partial charge on any atom is 0.161 e. The molecule has 102 valence electrons. The molecule has 1 unspecified atom stereocenters. The van der Waals surface area contributed by atoms with Crippen molar-refractivity contribution in [2.45, 2.75) is 26.3 Å². The lowest BCUT2D eigenvalue weighted by molar-refractivity contribution is 0.402. The molecule has 1 heterocycles. The van der Waals surface area contributed by atoms with Gasteiger partial charge in [-0.25, -0.2) is 0 Å². The van der Waals surface area contributed by atoms with Crippen LogP contribution in [-0.4, -0.2) is 16.9 Å². The highest BCUT2D eigenvalue weighted by Crippen LogP contribution is 2.25. The average Bonchev–Trinajstić information content (AvgIpc) is 2.68. The summed E-state index contributed by atoms with van der Waals surface area (Å²) in [5.41, 5.74) is 11.0. The first-order valence-electron chi connectivity index (χ1n) is 6.40. The van der Waals surface area contributed by atoms with Crippen molar-refractivity contribution in [3.63, 3.8) is 0 Å². The maximum absolute atomic E-state index is 6.31. The van der Waals surface area contributed by atoms with Gasteiger partial charge in [-0.05, 0) is 25.8 Å². The van der Waals surface area contributed by atoms with E-state index < -0.39 is 0 Å². The second-order valence-electron chi connectivity index (χ2n) is 5.03. The molecule has 0 aliphatic heterocycles. The lowest BCUT2D eigenvalue weighted by Crippen LogP contribution is -2.18. The van der Waals surface area contributed by atoms with Crippen LogP contribution in [0.5, 0.6) is 5.75 Å². The molecule has 0 aliphatic rings. The number of ether oxygens (including phenoxy) is 1. The van der Waals surface area contributed by atoms with E-state index in [0.29, 0.717) is 0 Å². The van der Waals surface area contributed by atoms with Crippen molar-refractivity contribution in [1.29, 1.82) is 0 Å². The highest BCUT2D eigenvalue weighted by atomic mass is 16.5. The number of nitrogens with two attached hydrogens (primary N) is 1. The lowest BCUT2D eigenvalue weighted by Gasteiger charge is -2.15. The van der Waals surface area contributed by atoms with E-state index in [2.05, 4.69) is 37.1 Å². The van der Waals surface area contributed by atoms with Gasteiger partial charge >= 0.3 is 0 Å². The molecule has 0 amide bonds. The van der Waals surface area contributed by atoms with Gasteiger partial charge in [-0.3, -0.25) is 4.68 Å². The fourth-order valence-electron chi connectivity index (χ4n) is 2.54. The molecule has 0 aliphatic carbocycles. The van der Waals surface area contributed by atoms with Gasteiger partial charge in [0.15, 0.2) is 5.75 Å². The second kappa shape index (κ2) is 5.45. The van der Waals surface area contributed by atoms with E-state index in [0.717, 1.165) is 17.9 Å². The Bertz CT molecular complexity index is 555. The molecule has 0 fully saturated rings. The molecule has 4 heteroatoms. The van der Waals surface area contributed by atoms with Crippen molar-refractivity contribution >= 4 is 0 Å². The Morgan fingerprint density at radius 2 is 1.89 bits per heavy atom. The molecule has 0 bridgehead atoms. The zero-order chi connectivity index (χ0) is 14.0. The predicted molar refractivity (Wildman–Crippen MR) is 76.3 cm³/mol. The first-order valence-corrected chi connectivity index (χ1v) is 6.40. The van der Waals surface area contributed by atoms with Gasteiger partial charge in [0.25, 0.3) is 0 Å². The minimum atomic E-state index is -0.122. The summed E-state index contributed by atoms with van der Waals surface area (Å²) in [5.74, 6) is 0.749. The van der Waals surface area contributed by atoms with E-state index in [-0.39, 0.29) is 6.04 Å². The van der Waals surface area contributed by atoms with Crippen molar-refractivity contribution in [3.05, 3.63) is 46.8 Å². The van der Waals surface area contributed by atoms with Gasteiger partial charge in [0, 0.05) is 7.05 Å². The number of hydrogen-bond donors (Lipinski definition) is 1. The third-order valence-corrected chi connectivity index (χ3v) is 3.26. The van der Waals surface area contributed by atoms with Crippen LogP contribution in [0.3, 0.4) is 0 Å². The zero-order valence-corrected chi connectivity index (χ0v) is 12.0. The SMILES string of the molecule is COc1cnn(C)c1C(N)Cc1cc(C)cc(C)c1. The van der Waals surface area contributed by atoms with Gasteiger partial charge in [-0.1, -0.05) is 29.3 Å². The van der Waals surface area contributed by atoms with Crippen molar-refractivity contribution in [2.24, 2.45) is 12.8 Å². The van der Waals surface area contributed by atoms with Crippen LogP contribution in [0.4, 0.5) is 0 Å². The molecule has 0 saturated carbocycles. The zero-order valence-electron chi connectivity index (χ0n) is 12.0. The Labute approximate surface area is 114 Å². The summed E-state index contributed by atoms with van der Waals surface area (Å²) in [6.07, 6.45) is 2.48. The van der Waals surface area contributed by atoms with E-state index >= 15 is 0 Å². The van der Waals surface area contributed by atoms with Crippen LogP contribution in [0.15, 0.2) is 24.4 Å². The van der Waals surface area contributed by atoms with Crippen LogP contribution in [-0.2, 0) is 13.5 Å². The molecule has 0 saturated heterocycles. The fraction of sp³-hybridized carbons (Fsp3) is 0.400. The number of hydrogen-bond acceptors (Lipinski definition) is 3. The molecule has 1 atom stereocenters. The van der Waals surface area contributed by atoms with E-state index in [9.17, 15) is 0 Å². The fourth-order valence-corrected chi connectivity index (χ4v) is 2.54. The first kappa shape index (κ1) is 13.6. The van der Waals surface area contributed by atoms with Crippen LogP contribution >= 0.6 is 0 Å². The Hall–Kier alpha value is -1.81. The summed E-state index contributed by atoms with van der Waals surface area (Å²) in [7, 11) is 3.53. The minimum Gasteiger partial charge on any atom is -0.493 e. The van der Waals surface area contributed by atoms with Crippen LogP contribution in [0, 0.1) is 13.8 Å². The monoisotopic (exact) mass is 259 g/mol. The number of methoxy groups -OCH3 is 1. The summed E-state index contributed by atoms with van der Waals surface area (Å²) in [6.45, 7) is 4.21. The largest absolute Gasteiger partial charge is 0.493 e. The number of aryl methyl sites for hydroxylation is 3. The summed E-state index contributed by atoms with van der Waals surface area (Å²) in [6, 6.07) is 6.40. The smallest absolute Gasteiger partial charge is 0.161 e. The Balaban J connectivity index is 2.25. The van der Waals surface area contributed by atoms with Gasteiger partial charge in [-0.15, -0.1) is 0 Å². The van der Waals surface area contributed by atoms with Crippen molar-refractivity contribution in [2.75, 3.05) is 7.11 Å². The molecular weight excluding hydrogens is 238 g/mol. The molecule has 1 aromatic heterocycles. The molecule has 2 aromatic rings. The molecule has 0 radical (unpaired) electrons. The Kier molecular flexibility index (Phi) is 3.90. The van der Waals surface area contributed by atoms with Gasteiger partial charge in [0.1, 0.15) is 0 Å². The third-order valence-electron chi connectivity index (χ3n) is 3.26. The highest BCUT2D eigenvalue weighted by Gasteiger charge is 2.17. The average molecular weight is 259 g/mol. The Morgan fingerprint density at radius 1 is 1.26 bits per heavy atom. The molecule has 4 nitrogen and oxygen atoms in total. The molecule has 2 N–H and O–H groups in total. The van der Waals surface area contributed by atoms with Crippen molar-refractivity contribution < 1.29 is 4.74 Å². The van der Waals surface area contributed by atoms with Gasteiger partial charge in [0.2, 0.25) is 0 Å². The minimum absolute atomic E-state index is 0.122.